The van der Waals surface area contributed by atoms with E-state index in [0.717, 1.165) is 18.7 Å². The van der Waals surface area contributed by atoms with Gasteiger partial charge in [0.1, 0.15) is 0 Å². The predicted molar refractivity (Wildman–Crippen MR) is 83.2 cm³/mol. The standard InChI is InChI=1S/C16H23N3O2/c1-10(2)18-15(20)12-4-6-13(7-5-12)19-16(21)14-8-9-17-11(14)3/h4-7,10-11,14,17H,8-9H2,1-3H3,(H,18,20)(H,19,21). The maximum Gasteiger partial charge on any atom is 0.251 e. The van der Waals surface area contributed by atoms with Gasteiger partial charge in [-0.15, -0.1) is 0 Å². The van der Waals surface area contributed by atoms with Gasteiger partial charge in [-0.3, -0.25) is 9.59 Å². The highest BCUT2D eigenvalue weighted by Crippen LogP contribution is 2.18. The molecular formula is C16H23N3O2. The summed E-state index contributed by atoms with van der Waals surface area (Å²) in [6, 6.07) is 7.29. The topological polar surface area (TPSA) is 70.2 Å². The fraction of sp³-hybridized carbons (Fsp3) is 0.500. The van der Waals surface area contributed by atoms with E-state index < -0.39 is 0 Å². The molecule has 2 atom stereocenters. The van der Waals surface area contributed by atoms with E-state index in [-0.39, 0.29) is 29.8 Å². The van der Waals surface area contributed by atoms with Gasteiger partial charge in [0.15, 0.2) is 0 Å². The Labute approximate surface area is 125 Å². The molecule has 3 N–H and O–H groups in total. The third-order valence-corrected chi connectivity index (χ3v) is 3.70. The zero-order valence-corrected chi connectivity index (χ0v) is 12.8. The first kappa shape index (κ1) is 15.5. The lowest BCUT2D eigenvalue weighted by Gasteiger charge is -2.15. The van der Waals surface area contributed by atoms with Crippen LogP contribution in [0.3, 0.4) is 0 Å². The molecule has 21 heavy (non-hydrogen) atoms. The lowest BCUT2D eigenvalue weighted by atomic mass is 10.0. The van der Waals surface area contributed by atoms with Gasteiger partial charge >= 0.3 is 0 Å². The highest BCUT2D eigenvalue weighted by molar-refractivity contribution is 5.96. The van der Waals surface area contributed by atoms with Crippen LogP contribution >= 0.6 is 0 Å². The number of carbonyl (C=O) groups is 2. The minimum atomic E-state index is -0.100. The first-order valence-electron chi connectivity index (χ1n) is 7.42. The molecule has 1 heterocycles. The van der Waals surface area contributed by atoms with Gasteiger partial charge in [-0.25, -0.2) is 0 Å². The van der Waals surface area contributed by atoms with Crippen LogP contribution in [0, 0.1) is 5.92 Å². The highest BCUT2D eigenvalue weighted by Gasteiger charge is 2.29. The van der Waals surface area contributed by atoms with Crippen molar-refractivity contribution >= 4 is 17.5 Å². The summed E-state index contributed by atoms with van der Waals surface area (Å²) in [7, 11) is 0. The van der Waals surface area contributed by atoms with Crippen molar-refractivity contribution in [1.29, 1.82) is 0 Å². The number of hydrogen-bond donors (Lipinski definition) is 3. The van der Waals surface area contributed by atoms with E-state index in [0.29, 0.717) is 5.56 Å². The lowest BCUT2D eigenvalue weighted by Crippen LogP contribution is -2.32. The molecule has 1 aromatic rings. The van der Waals surface area contributed by atoms with Gasteiger partial charge in [-0.1, -0.05) is 0 Å². The van der Waals surface area contributed by atoms with Gasteiger partial charge in [0.2, 0.25) is 5.91 Å². The summed E-state index contributed by atoms with van der Waals surface area (Å²) < 4.78 is 0. The molecule has 0 radical (unpaired) electrons. The van der Waals surface area contributed by atoms with Crippen LogP contribution in [-0.2, 0) is 4.79 Å². The summed E-state index contributed by atoms with van der Waals surface area (Å²) in [5.74, 6) is -0.0581. The second-order valence-electron chi connectivity index (χ2n) is 5.83. The highest BCUT2D eigenvalue weighted by atomic mass is 16.2. The normalized spacial score (nSPS) is 21.3. The number of hydrogen-bond acceptors (Lipinski definition) is 3. The fourth-order valence-electron chi connectivity index (χ4n) is 2.50. The van der Waals surface area contributed by atoms with Crippen molar-refractivity contribution in [2.45, 2.75) is 39.3 Å². The average Bonchev–Trinajstić information content (AvgIpc) is 2.85. The largest absolute Gasteiger partial charge is 0.350 e. The van der Waals surface area contributed by atoms with Gasteiger partial charge < -0.3 is 16.0 Å². The second-order valence-corrected chi connectivity index (χ2v) is 5.83. The number of carbonyl (C=O) groups excluding carboxylic acids is 2. The molecule has 5 heteroatoms. The number of rotatable bonds is 4. The van der Waals surface area contributed by atoms with Crippen LogP contribution in [-0.4, -0.2) is 30.4 Å². The summed E-state index contributed by atoms with van der Waals surface area (Å²) in [5, 5.41) is 9.01. The van der Waals surface area contributed by atoms with Crippen LogP contribution in [0.15, 0.2) is 24.3 Å². The Balaban J connectivity index is 1.96. The average molecular weight is 289 g/mol. The van der Waals surface area contributed by atoms with Crippen molar-refractivity contribution in [3.8, 4) is 0 Å². The molecule has 2 amide bonds. The Hall–Kier alpha value is -1.88. The maximum absolute atomic E-state index is 12.2. The molecule has 114 valence electrons. The predicted octanol–water partition coefficient (Wildman–Crippen LogP) is 1.76. The van der Waals surface area contributed by atoms with Crippen LogP contribution in [0.5, 0.6) is 0 Å². The van der Waals surface area contributed by atoms with Crippen LogP contribution in [0.4, 0.5) is 5.69 Å². The molecule has 5 nitrogen and oxygen atoms in total. The van der Waals surface area contributed by atoms with Gasteiger partial charge in [0.05, 0.1) is 5.92 Å². The van der Waals surface area contributed by atoms with Gasteiger partial charge in [0, 0.05) is 23.3 Å². The van der Waals surface area contributed by atoms with Crippen LogP contribution in [0.2, 0.25) is 0 Å². The number of benzene rings is 1. The Morgan fingerprint density at radius 1 is 1.24 bits per heavy atom. The van der Waals surface area contributed by atoms with Gasteiger partial charge in [-0.05, 0) is 58.0 Å². The van der Waals surface area contributed by atoms with Crippen molar-refractivity contribution in [2.24, 2.45) is 5.92 Å². The lowest BCUT2D eigenvalue weighted by molar-refractivity contribution is -0.120. The molecule has 0 aromatic heterocycles. The smallest absolute Gasteiger partial charge is 0.251 e. The van der Waals surface area contributed by atoms with Crippen LogP contribution in [0.25, 0.3) is 0 Å². The molecule has 1 aromatic carbocycles. The fourth-order valence-corrected chi connectivity index (χ4v) is 2.50. The van der Waals surface area contributed by atoms with E-state index in [2.05, 4.69) is 16.0 Å². The zero-order chi connectivity index (χ0) is 15.4. The molecule has 2 rings (SSSR count). The van der Waals surface area contributed by atoms with Gasteiger partial charge in [-0.2, -0.15) is 0 Å². The van der Waals surface area contributed by atoms with Crippen molar-refractivity contribution in [3.05, 3.63) is 29.8 Å². The number of amides is 2. The van der Waals surface area contributed by atoms with E-state index in [9.17, 15) is 9.59 Å². The maximum atomic E-state index is 12.2. The Kier molecular flexibility index (Phi) is 4.96. The Bertz CT molecular complexity index is 511. The summed E-state index contributed by atoms with van der Waals surface area (Å²) in [6.45, 7) is 6.75. The summed E-state index contributed by atoms with van der Waals surface area (Å²) >= 11 is 0. The van der Waals surface area contributed by atoms with Crippen molar-refractivity contribution in [2.75, 3.05) is 11.9 Å². The minimum Gasteiger partial charge on any atom is -0.350 e. The third-order valence-electron chi connectivity index (χ3n) is 3.70. The summed E-state index contributed by atoms with van der Waals surface area (Å²) in [6.07, 6.45) is 0.863. The number of nitrogens with one attached hydrogen (secondary N) is 3. The molecule has 1 fully saturated rings. The SMILES string of the molecule is CC(C)NC(=O)c1ccc(NC(=O)C2CCNC2C)cc1. The van der Waals surface area contributed by atoms with E-state index in [1.807, 2.05) is 20.8 Å². The quantitative estimate of drug-likeness (QED) is 0.791. The molecule has 0 bridgehead atoms. The van der Waals surface area contributed by atoms with Gasteiger partial charge in [0.25, 0.3) is 5.91 Å². The van der Waals surface area contributed by atoms with Crippen molar-refractivity contribution < 1.29 is 9.59 Å². The van der Waals surface area contributed by atoms with Crippen LogP contribution in [0.1, 0.15) is 37.6 Å². The molecule has 0 aliphatic carbocycles. The number of anilines is 1. The summed E-state index contributed by atoms with van der Waals surface area (Å²) in [4.78, 5) is 24.0. The molecule has 1 aliphatic rings. The Morgan fingerprint density at radius 2 is 1.90 bits per heavy atom. The molecule has 2 unspecified atom stereocenters. The van der Waals surface area contributed by atoms with E-state index in [1.54, 1.807) is 24.3 Å². The van der Waals surface area contributed by atoms with Crippen LogP contribution < -0.4 is 16.0 Å². The molecule has 0 saturated carbocycles. The zero-order valence-electron chi connectivity index (χ0n) is 12.8. The molecular weight excluding hydrogens is 266 g/mol. The monoisotopic (exact) mass is 289 g/mol. The molecule has 1 saturated heterocycles. The third kappa shape index (κ3) is 4.04. The van der Waals surface area contributed by atoms with E-state index in [1.165, 1.54) is 0 Å². The Morgan fingerprint density at radius 3 is 2.43 bits per heavy atom. The summed E-state index contributed by atoms with van der Waals surface area (Å²) in [5.41, 5.74) is 1.32. The molecule has 1 aliphatic heterocycles. The molecule has 0 spiro atoms. The van der Waals surface area contributed by atoms with Crippen molar-refractivity contribution in [3.63, 3.8) is 0 Å². The first-order chi connectivity index (χ1) is 9.97. The first-order valence-corrected chi connectivity index (χ1v) is 7.42. The van der Waals surface area contributed by atoms with E-state index >= 15 is 0 Å². The second kappa shape index (κ2) is 6.72. The van der Waals surface area contributed by atoms with Crippen molar-refractivity contribution in [1.82, 2.24) is 10.6 Å². The minimum absolute atomic E-state index is 0.00826. The van der Waals surface area contributed by atoms with E-state index in [4.69, 9.17) is 0 Å².